The van der Waals surface area contributed by atoms with Crippen molar-refractivity contribution in [1.29, 1.82) is 0 Å². The fraction of sp³-hybridized carbons (Fsp3) is 0.833. The zero-order chi connectivity index (χ0) is 12.7. The fourth-order valence-corrected chi connectivity index (χ4v) is 1.38. The topological polar surface area (TPSA) is 66.4 Å². The highest BCUT2D eigenvalue weighted by atomic mass is 16.4. The predicted octanol–water partition coefficient (Wildman–Crippen LogP) is 2.04. The molecule has 0 aliphatic heterocycles. The molecular formula is C12H23NO3. The van der Waals surface area contributed by atoms with Gasteiger partial charge >= 0.3 is 5.97 Å². The van der Waals surface area contributed by atoms with Crippen molar-refractivity contribution in [2.24, 2.45) is 11.8 Å². The van der Waals surface area contributed by atoms with Gasteiger partial charge in [0.05, 0.1) is 0 Å². The van der Waals surface area contributed by atoms with Crippen molar-refractivity contribution in [3.63, 3.8) is 0 Å². The summed E-state index contributed by atoms with van der Waals surface area (Å²) in [7, 11) is 0. The molecule has 16 heavy (non-hydrogen) atoms. The average Bonchev–Trinajstić information content (AvgIpc) is 2.24. The van der Waals surface area contributed by atoms with E-state index < -0.39 is 12.0 Å². The van der Waals surface area contributed by atoms with Crippen molar-refractivity contribution < 1.29 is 14.7 Å². The molecule has 0 aliphatic rings. The summed E-state index contributed by atoms with van der Waals surface area (Å²) in [5.74, 6) is -0.862. The molecule has 0 aliphatic carbocycles. The Morgan fingerprint density at radius 1 is 1.19 bits per heavy atom. The second-order valence-corrected chi connectivity index (χ2v) is 4.49. The summed E-state index contributed by atoms with van der Waals surface area (Å²) in [5, 5.41) is 11.6. The van der Waals surface area contributed by atoms with Crippen LogP contribution in [0.2, 0.25) is 0 Å². The highest BCUT2D eigenvalue weighted by molar-refractivity contribution is 5.83. The summed E-state index contributed by atoms with van der Waals surface area (Å²) >= 11 is 0. The van der Waals surface area contributed by atoms with Crippen LogP contribution in [0.25, 0.3) is 0 Å². The van der Waals surface area contributed by atoms with E-state index in [0.717, 1.165) is 12.8 Å². The minimum absolute atomic E-state index is 0.0432. The van der Waals surface area contributed by atoms with Gasteiger partial charge in [-0.25, -0.2) is 4.79 Å². The van der Waals surface area contributed by atoms with Crippen LogP contribution in [0.15, 0.2) is 0 Å². The fourth-order valence-electron chi connectivity index (χ4n) is 1.38. The van der Waals surface area contributed by atoms with E-state index in [1.807, 2.05) is 27.7 Å². The number of amides is 1. The zero-order valence-electron chi connectivity index (χ0n) is 10.6. The Labute approximate surface area is 97.4 Å². The molecule has 1 amide bonds. The molecule has 0 heterocycles. The lowest BCUT2D eigenvalue weighted by Gasteiger charge is -2.20. The van der Waals surface area contributed by atoms with Crippen LogP contribution in [-0.4, -0.2) is 23.0 Å². The largest absolute Gasteiger partial charge is 0.480 e. The Balaban J connectivity index is 4.30. The Hall–Kier alpha value is -1.06. The molecule has 1 unspecified atom stereocenters. The lowest BCUT2D eigenvalue weighted by atomic mass is 9.98. The van der Waals surface area contributed by atoms with Crippen LogP contribution in [0.1, 0.15) is 47.0 Å². The van der Waals surface area contributed by atoms with Gasteiger partial charge in [0.1, 0.15) is 6.04 Å². The highest BCUT2D eigenvalue weighted by Crippen LogP contribution is 2.10. The third-order valence-electron chi connectivity index (χ3n) is 3.03. The molecule has 2 N–H and O–H groups in total. The first-order valence-corrected chi connectivity index (χ1v) is 5.94. The van der Waals surface area contributed by atoms with E-state index in [2.05, 4.69) is 5.32 Å². The Morgan fingerprint density at radius 3 is 2.12 bits per heavy atom. The highest BCUT2D eigenvalue weighted by Gasteiger charge is 2.25. The van der Waals surface area contributed by atoms with Crippen LogP contribution < -0.4 is 5.32 Å². The van der Waals surface area contributed by atoms with E-state index in [-0.39, 0.29) is 11.8 Å². The van der Waals surface area contributed by atoms with Crippen molar-refractivity contribution in [3.8, 4) is 0 Å². The number of nitrogens with one attached hydrogen (secondary N) is 1. The van der Waals surface area contributed by atoms with E-state index in [4.69, 9.17) is 5.11 Å². The molecule has 0 saturated heterocycles. The molecular weight excluding hydrogens is 206 g/mol. The maximum Gasteiger partial charge on any atom is 0.326 e. The number of aliphatic carboxylic acids is 1. The van der Waals surface area contributed by atoms with Crippen LogP contribution in [0.3, 0.4) is 0 Å². The standard InChI is InChI=1S/C12H23NO3/c1-5-8(3)7-10(14)13-11(12(15)16)9(4)6-2/h8-9,11H,5-7H2,1-4H3,(H,13,14)(H,15,16)/t8?,9-,11-/m0/s1. The number of rotatable bonds is 7. The van der Waals surface area contributed by atoms with Crippen molar-refractivity contribution in [2.45, 2.75) is 53.0 Å². The molecule has 0 aromatic rings. The van der Waals surface area contributed by atoms with Gasteiger partial charge in [0.25, 0.3) is 0 Å². The Kier molecular flexibility index (Phi) is 6.77. The number of carbonyl (C=O) groups excluding carboxylic acids is 1. The summed E-state index contributed by atoms with van der Waals surface area (Å²) in [4.78, 5) is 22.5. The lowest BCUT2D eigenvalue weighted by Crippen LogP contribution is -2.45. The molecule has 0 bridgehead atoms. The minimum atomic E-state index is -0.952. The molecule has 4 nitrogen and oxygen atoms in total. The molecule has 0 aromatic carbocycles. The van der Waals surface area contributed by atoms with Gasteiger partial charge in [0, 0.05) is 6.42 Å². The average molecular weight is 229 g/mol. The van der Waals surface area contributed by atoms with Crippen LogP contribution >= 0.6 is 0 Å². The number of carboxylic acids is 1. The van der Waals surface area contributed by atoms with E-state index in [9.17, 15) is 9.59 Å². The third kappa shape index (κ3) is 5.14. The van der Waals surface area contributed by atoms with Crippen LogP contribution in [0.5, 0.6) is 0 Å². The summed E-state index contributed by atoms with van der Waals surface area (Å²) in [6.45, 7) is 7.75. The Bertz CT molecular complexity index is 240. The quantitative estimate of drug-likeness (QED) is 0.702. The smallest absolute Gasteiger partial charge is 0.326 e. The monoisotopic (exact) mass is 229 g/mol. The summed E-state index contributed by atoms with van der Waals surface area (Å²) in [6.07, 6.45) is 2.06. The number of carbonyl (C=O) groups is 2. The van der Waals surface area contributed by atoms with Gasteiger partial charge in [-0.3, -0.25) is 4.79 Å². The molecule has 0 aromatic heterocycles. The van der Waals surface area contributed by atoms with Gasteiger partial charge in [0.15, 0.2) is 0 Å². The van der Waals surface area contributed by atoms with E-state index in [1.165, 1.54) is 0 Å². The van der Waals surface area contributed by atoms with Gasteiger partial charge in [-0.2, -0.15) is 0 Å². The van der Waals surface area contributed by atoms with Gasteiger partial charge < -0.3 is 10.4 Å². The molecule has 0 saturated carbocycles. The molecule has 94 valence electrons. The van der Waals surface area contributed by atoms with Gasteiger partial charge in [-0.15, -0.1) is 0 Å². The van der Waals surface area contributed by atoms with Crippen molar-refractivity contribution >= 4 is 11.9 Å². The van der Waals surface area contributed by atoms with E-state index in [0.29, 0.717) is 12.3 Å². The SMILES string of the molecule is CCC(C)CC(=O)N[C@H](C(=O)O)[C@@H](C)CC. The van der Waals surface area contributed by atoms with E-state index in [1.54, 1.807) is 0 Å². The van der Waals surface area contributed by atoms with Crippen molar-refractivity contribution in [3.05, 3.63) is 0 Å². The number of hydrogen-bond donors (Lipinski definition) is 2. The predicted molar refractivity (Wildman–Crippen MR) is 63.1 cm³/mol. The molecule has 3 atom stereocenters. The summed E-state index contributed by atoms with van der Waals surface area (Å²) in [5.41, 5.74) is 0. The normalized spacial score (nSPS) is 16.2. The van der Waals surface area contributed by atoms with E-state index >= 15 is 0 Å². The summed E-state index contributed by atoms with van der Waals surface area (Å²) < 4.78 is 0. The lowest BCUT2D eigenvalue weighted by molar-refractivity contribution is -0.143. The molecule has 4 heteroatoms. The summed E-state index contributed by atoms with van der Waals surface area (Å²) in [6, 6.07) is -0.762. The first kappa shape index (κ1) is 14.9. The van der Waals surface area contributed by atoms with Crippen molar-refractivity contribution in [2.75, 3.05) is 0 Å². The molecule has 0 radical (unpaired) electrons. The minimum Gasteiger partial charge on any atom is -0.480 e. The maximum atomic E-state index is 11.6. The van der Waals surface area contributed by atoms with Gasteiger partial charge in [0.2, 0.25) is 5.91 Å². The molecule has 0 spiro atoms. The van der Waals surface area contributed by atoms with Crippen LogP contribution in [0, 0.1) is 11.8 Å². The number of hydrogen-bond acceptors (Lipinski definition) is 2. The molecule has 0 rings (SSSR count). The second-order valence-electron chi connectivity index (χ2n) is 4.49. The maximum absolute atomic E-state index is 11.6. The van der Waals surface area contributed by atoms with Crippen LogP contribution in [0.4, 0.5) is 0 Å². The van der Waals surface area contributed by atoms with Crippen LogP contribution in [-0.2, 0) is 9.59 Å². The van der Waals surface area contributed by atoms with Crippen molar-refractivity contribution in [1.82, 2.24) is 5.32 Å². The number of carboxylic acid groups (broad SMARTS) is 1. The Morgan fingerprint density at radius 2 is 1.75 bits per heavy atom. The van der Waals surface area contributed by atoms with Gasteiger partial charge in [-0.1, -0.05) is 40.5 Å². The van der Waals surface area contributed by atoms with Gasteiger partial charge in [-0.05, 0) is 11.8 Å². The second kappa shape index (κ2) is 7.25. The first-order valence-electron chi connectivity index (χ1n) is 5.94. The zero-order valence-corrected chi connectivity index (χ0v) is 10.6. The first-order chi connectivity index (χ1) is 7.42. The molecule has 0 fully saturated rings. The third-order valence-corrected chi connectivity index (χ3v) is 3.03.